The summed E-state index contributed by atoms with van der Waals surface area (Å²) < 4.78 is 62.5. The Kier molecular flexibility index (Phi) is 3.83. The molecule has 0 aromatic heterocycles. The molecule has 1 rings (SSSR count). The summed E-state index contributed by atoms with van der Waals surface area (Å²) in [7, 11) is -4.19. The van der Waals surface area contributed by atoms with E-state index in [1.54, 1.807) is 0 Å². The molecular formula is C10H11F3O3S. The first-order chi connectivity index (χ1) is 7.70. The minimum absolute atomic E-state index is 0.394. The third kappa shape index (κ3) is 2.61. The van der Waals surface area contributed by atoms with Gasteiger partial charge in [0.2, 0.25) is 0 Å². The Hall–Kier alpha value is -1.08. The summed E-state index contributed by atoms with van der Waals surface area (Å²) in [6, 6.07) is 0.593. The Balaban J connectivity index is 3.59. The van der Waals surface area contributed by atoms with Gasteiger partial charge in [0.15, 0.2) is 21.5 Å². The van der Waals surface area contributed by atoms with E-state index in [0.717, 1.165) is 0 Å². The van der Waals surface area contributed by atoms with Crippen LogP contribution in [0.15, 0.2) is 11.0 Å². The zero-order valence-electron chi connectivity index (χ0n) is 9.17. The molecule has 0 amide bonds. The number of benzene rings is 1. The molecule has 1 aromatic carbocycles. The molecule has 0 aliphatic rings. The topological polar surface area (TPSA) is 54.4 Å². The summed E-state index contributed by atoms with van der Waals surface area (Å²) in [5.41, 5.74) is -0.394. The van der Waals surface area contributed by atoms with Crippen LogP contribution in [0.4, 0.5) is 13.2 Å². The Labute approximate surface area is 96.8 Å². The summed E-state index contributed by atoms with van der Waals surface area (Å²) in [5.74, 6) is -5.38. The van der Waals surface area contributed by atoms with Crippen molar-refractivity contribution >= 4 is 9.84 Å². The molecule has 1 unspecified atom stereocenters. The second-order valence-corrected chi connectivity index (χ2v) is 5.71. The number of aliphatic hydroxyl groups is 1. The van der Waals surface area contributed by atoms with E-state index in [9.17, 15) is 21.6 Å². The Morgan fingerprint density at radius 3 is 2.24 bits per heavy atom. The summed E-state index contributed by atoms with van der Waals surface area (Å²) in [5, 5.41) is 8.79. The zero-order chi connectivity index (χ0) is 13.4. The molecule has 1 N–H and O–H groups in total. The Morgan fingerprint density at radius 1 is 1.29 bits per heavy atom. The second kappa shape index (κ2) is 4.66. The van der Waals surface area contributed by atoms with Gasteiger partial charge in [-0.05, 0) is 11.6 Å². The quantitative estimate of drug-likeness (QED) is 0.847. The van der Waals surface area contributed by atoms with Crippen molar-refractivity contribution < 1.29 is 26.7 Å². The van der Waals surface area contributed by atoms with Gasteiger partial charge in [0, 0.05) is 18.8 Å². The third-order valence-electron chi connectivity index (χ3n) is 2.32. The van der Waals surface area contributed by atoms with Crippen molar-refractivity contribution in [2.75, 3.05) is 12.9 Å². The fourth-order valence-corrected chi connectivity index (χ4v) is 2.22. The monoisotopic (exact) mass is 268 g/mol. The molecule has 0 fully saturated rings. The minimum Gasteiger partial charge on any atom is -0.396 e. The number of rotatable bonds is 3. The highest BCUT2D eigenvalue weighted by Gasteiger charge is 2.27. The standard InChI is InChI=1S/C10H11F3O3S/c1-5(4-14)6-3-7(11)10(17(2,15)16)9(13)8(6)12/h3,5,14H,4H2,1-2H3. The first-order valence-electron chi connectivity index (χ1n) is 4.68. The van der Waals surface area contributed by atoms with E-state index in [1.807, 2.05) is 0 Å². The van der Waals surface area contributed by atoms with Crippen LogP contribution in [-0.4, -0.2) is 26.4 Å². The average molecular weight is 268 g/mol. The molecular weight excluding hydrogens is 257 g/mol. The smallest absolute Gasteiger partial charge is 0.181 e. The SMILES string of the molecule is CC(CO)c1cc(F)c(S(C)(=O)=O)c(F)c1F. The number of hydrogen-bond acceptors (Lipinski definition) is 3. The van der Waals surface area contributed by atoms with Crippen LogP contribution in [0.25, 0.3) is 0 Å². The van der Waals surface area contributed by atoms with E-state index in [2.05, 4.69) is 0 Å². The maximum Gasteiger partial charge on any atom is 0.181 e. The number of hydrogen-bond donors (Lipinski definition) is 1. The van der Waals surface area contributed by atoms with Crippen molar-refractivity contribution in [3.8, 4) is 0 Å². The van der Waals surface area contributed by atoms with Crippen LogP contribution < -0.4 is 0 Å². The van der Waals surface area contributed by atoms with Crippen molar-refractivity contribution in [3.63, 3.8) is 0 Å². The van der Waals surface area contributed by atoms with Gasteiger partial charge in [-0.25, -0.2) is 21.6 Å². The second-order valence-electron chi connectivity index (χ2n) is 3.76. The highest BCUT2D eigenvalue weighted by atomic mass is 32.2. The van der Waals surface area contributed by atoms with E-state index in [4.69, 9.17) is 5.11 Å². The molecule has 0 radical (unpaired) electrons. The van der Waals surface area contributed by atoms with Gasteiger partial charge in [-0.1, -0.05) is 6.92 Å². The van der Waals surface area contributed by atoms with E-state index in [-0.39, 0.29) is 0 Å². The molecule has 0 heterocycles. The number of aliphatic hydroxyl groups excluding tert-OH is 1. The summed E-state index contributed by atoms with van der Waals surface area (Å²) in [6.07, 6.45) is 0.586. The number of halogens is 3. The molecule has 17 heavy (non-hydrogen) atoms. The van der Waals surface area contributed by atoms with Crippen molar-refractivity contribution in [2.45, 2.75) is 17.7 Å². The van der Waals surface area contributed by atoms with Crippen LogP contribution in [0.5, 0.6) is 0 Å². The van der Waals surface area contributed by atoms with Crippen molar-refractivity contribution in [3.05, 3.63) is 29.1 Å². The lowest BCUT2D eigenvalue weighted by molar-refractivity contribution is 0.268. The molecule has 3 nitrogen and oxygen atoms in total. The maximum atomic E-state index is 13.5. The van der Waals surface area contributed by atoms with E-state index in [1.165, 1.54) is 6.92 Å². The van der Waals surface area contributed by atoms with Crippen LogP contribution in [0.1, 0.15) is 18.4 Å². The number of sulfone groups is 1. The molecule has 96 valence electrons. The molecule has 0 aliphatic heterocycles. The highest BCUT2D eigenvalue weighted by Crippen LogP contribution is 2.28. The largest absolute Gasteiger partial charge is 0.396 e. The van der Waals surface area contributed by atoms with Crippen molar-refractivity contribution in [1.82, 2.24) is 0 Å². The van der Waals surface area contributed by atoms with Crippen LogP contribution >= 0.6 is 0 Å². The van der Waals surface area contributed by atoms with Gasteiger partial charge in [0.05, 0.1) is 0 Å². The van der Waals surface area contributed by atoms with Gasteiger partial charge in [-0.2, -0.15) is 0 Å². The summed E-state index contributed by atoms with van der Waals surface area (Å²) in [4.78, 5) is -1.29. The fraction of sp³-hybridized carbons (Fsp3) is 0.400. The van der Waals surface area contributed by atoms with Gasteiger partial charge >= 0.3 is 0 Å². The van der Waals surface area contributed by atoms with Crippen LogP contribution in [-0.2, 0) is 9.84 Å². The van der Waals surface area contributed by atoms with Gasteiger partial charge in [0.1, 0.15) is 10.7 Å². The van der Waals surface area contributed by atoms with Crippen molar-refractivity contribution in [2.24, 2.45) is 0 Å². The molecule has 0 bridgehead atoms. The molecule has 1 aromatic rings. The fourth-order valence-electron chi connectivity index (χ4n) is 1.39. The maximum absolute atomic E-state index is 13.5. The molecule has 1 atom stereocenters. The van der Waals surface area contributed by atoms with Gasteiger partial charge < -0.3 is 5.11 Å². The third-order valence-corrected chi connectivity index (χ3v) is 3.44. The first kappa shape index (κ1) is 14.0. The lowest BCUT2D eigenvalue weighted by atomic mass is 10.0. The van der Waals surface area contributed by atoms with Crippen LogP contribution in [0.2, 0.25) is 0 Å². The van der Waals surface area contributed by atoms with E-state index in [0.29, 0.717) is 12.3 Å². The van der Waals surface area contributed by atoms with Gasteiger partial charge in [0.25, 0.3) is 0 Å². The minimum atomic E-state index is -4.19. The Morgan fingerprint density at radius 2 is 1.82 bits per heavy atom. The molecule has 0 saturated carbocycles. The molecule has 7 heteroatoms. The lowest BCUT2D eigenvalue weighted by Crippen LogP contribution is -2.11. The highest BCUT2D eigenvalue weighted by molar-refractivity contribution is 7.90. The van der Waals surface area contributed by atoms with Crippen LogP contribution in [0.3, 0.4) is 0 Å². The molecule has 0 saturated heterocycles. The van der Waals surface area contributed by atoms with E-state index < -0.39 is 50.3 Å². The van der Waals surface area contributed by atoms with E-state index >= 15 is 0 Å². The summed E-state index contributed by atoms with van der Waals surface area (Å²) in [6.45, 7) is 0.853. The predicted molar refractivity (Wildman–Crippen MR) is 54.9 cm³/mol. The average Bonchev–Trinajstić information content (AvgIpc) is 2.20. The van der Waals surface area contributed by atoms with Crippen LogP contribution in [0, 0.1) is 17.5 Å². The van der Waals surface area contributed by atoms with Crippen molar-refractivity contribution in [1.29, 1.82) is 0 Å². The normalized spacial score (nSPS) is 13.8. The molecule has 0 aliphatic carbocycles. The first-order valence-corrected chi connectivity index (χ1v) is 6.57. The zero-order valence-corrected chi connectivity index (χ0v) is 9.98. The predicted octanol–water partition coefficient (Wildman–Crippen LogP) is 1.60. The summed E-state index contributed by atoms with van der Waals surface area (Å²) >= 11 is 0. The molecule has 0 spiro atoms. The lowest BCUT2D eigenvalue weighted by Gasteiger charge is -2.12. The van der Waals surface area contributed by atoms with Gasteiger partial charge in [-0.3, -0.25) is 0 Å². The van der Waals surface area contributed by atoms with Gasteiger partial charge in [-0.15, -0.1) is 0 Å². The Bertz CT molecular complexity index is 540.